The Morgan fingerprint density at radius 1 is 1.03 bits per heavy atom. The number of aryl methyl sites for hydroxylation is 1. The summed E-state index contributed by atoms with van der Waals surface area (Å²) in [5.41, 5.74) is 2.18. The van der Waals surface area contributed by atoms with Crippen molar-refractivity contribution >= 4 is 29.6 Å². The highest BCUT2D eigenvalue weighted by Crippen LogP contribution is 2.23. The summed E-state index contributed by atoms with van der Waals surface area (Å²) < 4.78 is 7.47. The van der Waals surface area contributed by atoms with Gasteiger partial charge in [0.2, 0.25) is 5.16 Å². The third-order valence-electron chi connectivity index (χ3n) is 4.11. The van der Waals surface area contributed by atoms with Gasteiger partial charge < -0.3 is 4.74 Å². The van der Waals surface area contributed by atoms with E-state index in [1.807, 2.05) is 59.4 Å². The summed E-state index contributed by atoms with van der Waals surface area (Å²) in [7, 11) is 0. The monoisotopic (exact) mass is 428 g/mol. The van der Waals surface area contributed by atoms with Gasteiger partial charge in [-0.1, -0.05) is 49.3 Å². The van der Waals surface area contributed by atoms with Crippen molar-refractivity contribution in [2.24, 2.45) is 5.10 Å². The Hall–Kier alpha value is -2.31. The molecule has 0 saturated carbocycles. The van der Waals surface area contributed by atoms with Gasteiger partial charge in [0.05, 0.1) is 12.8 Å². The standard InChI is InChI=1S/C22H25ClN4OS/c1-3-5-21-25-26-22(29-16-18-6-10-19(23)11-7-18)27(21)24-15-17-8-12-20(13-9-17)28-14-4-2/h6-13,15H,3-5,14,16H2,1-2H3/b24-15-. The van der Waals surface area contributed by atoms with Crippen molar-refractivity contribution in [2.75, 3.05) is 6.61 Å². The van der Waals surface area contributed by atoms with Gasteiger partial charge in [-0.25, -0.2) is 0 Å². The summed E-state index contributed by atoms with van der Waals surface area (Å²) in [6.45, 7) is 4.94. The van der Waals surface area contributed by atoms with Gasteiger partial charge in [-0.15, -0.1) is 10.2 Å². The van der Waals surface area contributed by atoms with E-state index in [2.05, 4.69) is 29.1 Å². The molecule has 29 heavy (non-hydrogen) atoms. The van der Waals surface area contributed by atoms with E-state index in [-0.39, 0.29) is 0 Å². The summed E-state index contributed by atoms with van der Waals surface area (Å²) in [5.74, 6) is 2.52. The summed E-state index contributed by atoms with van der Waals surface area (Å²) in [5, 5.41) is 14.8. The van der Waals surface area contributed by atoms with Crippen LogP contribution in [0.5, 0.6) is 5.75 Å². The van der Waals surface area contributed by atoms with Crippen LogP contribution in [-0.4, -0.2) is 27.7 Å². The van der Waals surface area contributed by atoms with E-state index < -0.39 is 0 Å². The molecule has 2 aromatic carbocycles. The number of thioether (sulfide) groups is 1. The predicted molar refractivity (Wildman–Crippen MR) is 120 cm³/mol. The molecule has 0 bridgehead atoms. The highest BCUT2D eigenvalue weighted by atomic mass is 35.5. The zero-order valence-electron chi connectivity index (χ0n) is 16.7. The van der Waals surface area contributed by atoms with Crippen LogP contribution in [0.4, 0.5) is 0 Å². The van der Waals surface area contributed by atoms with E-state index in [1.54, 1.807) is 11.8 Å². The third kappa shape index (κ3) is 6.34. The molecule has 0 N–H and O–H groups in total. The van der Waals surface area contributed by atoms with Crippen molar-refractivity contribution in [3.8, 4) is 5.75 Å². The zero-order chi connectivity index (χ0) is 20.5. The molecule has 3 aromatic rings. The van der Waals surface area contributed by atoms with Crippen LogP contribution >= 0.6 is 23.4 Å². The zero-order valence-corrected chi connectivity index (χ0v) is 18.3. The molecule has 0 amide bonds. The van der Waals surface area contributed by atoms with Gasteiger partial charge in [0.25, 0.3) is 0 Å². The van der Waals surface area contributed by atoms with Crippen LogP contribution in [-0.2, 0) is 12.2 Å². The molecule has 0 radical (unpaired) electrons. The van der Waals surface area contributed by atoms with Crippen LogP contribution in [0.25, 0.3) is 0 Å². The van der Waals surface area contributed by atoms with E-state index in [0.717, 1.165) is 58.9 Å². The lowest BCUT2D eigenvalue weighted by Gasteiger charge is -2.05. The van der Waals surface area contributed by atoms with E-state index in [1.165, 1.54) is 5.56 Å². The number of aromatic nitrogens is 3. The molecule has 5 nitrogen and oxygen atoms in total. The third-order valence-corrected chi connectivity index (χ3v) is 5.35. The maximum absolute atomic E-state index is 5.97. The maximum Gasteiger partial charge on any atom is 0.212 e. The largest absolute Gasteiger partial charge is 0.494 e. The lowest BCUT2D eigenvalue weighted by atomic mass is 10.2. The van der Waals surface area contributed by atoms with Gasteiger partial charge in [-0.3, -0.25) is 0 Å². The minimum Gasteiger partial charge on any atom is -0.494 e. The second kappa shape index (κ2) is 11.0. The fraction of sp³-hybridized carbons (Fsp3) is 0.318. The van der Waals surface area contributed by atoms with Crippen LogP contribution < -0.4 is 4.74 Å². The van der Waals surface area contributed by atoms with Gasteiger partial charge in [-0.2, -0.15) is 9.78 Å². The van der Waals surface area contributed by atoms with Crippen molar-refractivity contribution < 1.29 is 4.74 Å². The molecule has 152 valence electrons. The molecule has 0 aliphatic heterocycles. The van der Waals surface area contributed by atoms with Gasteiger partial charge in [0.15, 0.2) is 5.82 Å². The molecular weight excluding hydrogens is 404 g/mol. The Bertz CT molecular complexity index is 923. The fourth-order valence-electron chi connectivity index (χ4n) is 2.60. The van der Waals surface area contributed by atoms with Crippen LogP contribution in [0.2, 0.25) is 5.02 Å². The number of hydrogen-bond acceptors (Lipinski definition) is 5. The van der Waals surface area contributed by atoms with Crippen LogP contribution in [0.3, 0.4) is 0 Å². The molecule has 0 fully saturated rings. The molecule has 0 saturated heterocycles. The average Bonchev–Trinajstić information content (AvgIpc) is 3.13. The van der Waals surface area contributed by atoms with Crippen molar-refractivity contribution in [2.45, 2.75) is 44.0 Å². The van der Waals surface area contributed by atoms with E-state index in [4.69, 9.17) is 16.3 Å². The highest BCUT2D eigenvalue weighted by Gasteiger charge is 2.11. The highest BCUT2D eigenvalue weighted by molar-refractivity contribution is 7.98. The average molecular weight is 429 g/mol. The van der Waals surface area contributed by atoms with E-state index in [0.29, 0.717) is 0 Å². The second-order valence-corrected chi connectivity index (χ2v) is 7.92. The predicted octanol–water partition coefficient (Wildman–Crippen LogP) is 5.85. The Morgan fingerprint density at radius 3 is 2.48 bits per heavy atom. The molecular formula is C22H25ClN4OS. The molecule has 0 spiro atoms. The van der Waals surface area contributed by atoms with Crippen molar-refractivity contribution in [1.29, 1.82) is 0 Å². The second-order valence-electron chi connectivity index (χ2n) is 6.54. The molecule has 0 aliphatic carbocycles. The van der Waals surface area contributed by atoms with Gasteiger partial charge in [0, 0.05) is 17.2 Å². The van der Waals surface area contributed by atoms with Gasteiger partial charge in [0.1, 0.15) is 5.75 Å². The molecule has 0 unspecified atom stereocenters. The van der Waals surface area contributed by atoms with Gasteiger partial charge >= 0.3 is 0 Å². The van der Waals surface area contributed by atoms with Crippen molar-refractivity contribution in [3.63, 3.8) is 0 Å². The smallest absolute Gasteiger partial charge is 0.212 e. The molecule has 3 rings (SSSR count). The first-order valence-corrected chi connectivity index (χ1v) is 11.1. The normalized spacial score (nSPS) is 11.3. The van der Waals surface area contributed by atoms with E-state index in [9.17, 15) is 0 Å². The Kier molecular flexibility index (Phi) is 8.14. The van der Waals surface area contributed by atoms with Crippen LogP contribution in [0.1, 0.15) is 43.6 Å². The maximum atomic E-state index is 5.97. The number of hydrogen-bond donors (Lipinski definition) is 0. The fourth-order valence-corrected chi connectivity index (χ4v) is 3.59. The van der Waals surface area contributed by atoms with Crippen LogP contribution in [0, 0.1) is 0 Å². The Labute approximate surface area is 181 Å². The summed E-state index contributed by atoms with van der Waals surface area (Å²) in [6.07, 6.45) is 4.64. The Balaban J connectivity index is 1.73. The first kappa shape index (κ1) is 21.4. The minimum atomic E-state index is 0.725. The lowest BCUT2D eigenvalue weighted by Crippen LogP contribution is -2.00. The molecule has 0 aliphatic rings. The first-order valence-electron chi connectivity index (χ1n) is 9.78. The SMILES string of the molecule is CCCOc1ccc(/C=N\n2c(CCC)nnc2SCc2ccc(Cl)cc2)cc1. The number of benzene rings is 2. The summed E-state index contributed by atoms with van der Waals surface area (Å²) in [4.78, 5) is 0. The van der Waals surface area contributed by atoms with Gasteiger partial charge in [-0.05, 0) is 60.4 Å². The molecule has 7 heteroatoms. The van der Waals surface area contributed by atoms with Crippen LogP contribution in [0.15, 0.2) is 58.8 Å². The quantitative estimate of drug-likeness (QED) is 0.300. The summed E-state index contributed by atoms with van der Waals surface area (Å²) in [6, 6.07) is 15.8. The molecule has 1 heterocycles. The lowest BCUT2D eigenvalue weighted by molar-refractivity contribution is 0.317. The minimum absolute atomic E-state index is 0.725. The Morgan fingerprint density at radius 2 is 1.79 bits per heavy atom. The molecule has 1 aromatic heterocycles. The number of halogens is 1. The summed E-state index contributed by atoms with van der Waals surface area (Å²) >= 11 is 7.58. The molecule has 0 atom stereocenters. The van der Waals surface area contributed by atoms with E-state index >= 15 is 0 Å². The number of rotatable bonds is 10. The number of ether oxygens (including phenoxy) is 1. The number of nitrogens with zero attached hydrogens (tertiary/aromatic N) is 4. The van der Waals surface area contributed by atoms with Crippen molar-refractivity contribution in [3.05, 3.63) is 70.5 Å². The first-order chi connectivity index (χ1) is 14.2. The topological polar surface area (TPSA) is 52.3 Å². The van der Waals surface area contributed by atoms with Crippen molar-refractivity contribution in [1.82, 2.24) is 14.9 Å².